The molecule has 23 heavy (non-hydrogen) atoms. The molecule has 0 aliphatic rings. The maximum atomic E-state index is 12.4. The Morgan fingerprint density at radius 3 is 2.04 bits per heavy atom. The van der Waals surface area contributed by atoms with Crippen LogP contribution in [-0.4, -0.2) is 23.9 Å². The Kier molecular flexibility index (Phi) is 7.36. The molecule has 4 nitrogen and oxygen atoms in total. The summed E-state index contributed by atoms with van der Waals surface area (Å²) in [6.07, 6.45) is 0. The van der Waals surface area contributed by atoms with Gasteiger partial charge in [0.1, 0.15) is 6.04 Å². The van der Waals surface area contributed by atoms with E-state index in [1.807, 2.05) is 34.6 Å². The summed E-state index contributed by atoms with van der Waals surface area (Å²) in [6.45, 7) is 9.77. The predicted molar refractivity (Wildman–Crippen MR) is 95.0 cm³/mol. The summed E-state index contributed by atoms with van der Waals surface area (Å²) < 4.78 is 0. The zero-order valence-corrected chi connectivity index (χ0v) is 15.6. The Morgan fingerprint density at radius 1 is 0.957 bits per heavy atom. The lowest BCUT2D eigenvalue weighted by Gasteiger charge is -2.25. The number of hydrogen-bond acceptors (Lipinski definition) is 2. The van der Waals surface area contributed by atoms with Crippen molar-refractivity contribution in [2.75, 3.05) is 0 Å². The van der Waals surface area contributed by atoms with E-state index in [4.69, 9.17) is 23.2 Å². The summed E-state index contributed by atoms with van der Waals surface area (Å²) in [5.74, 6) is -0.324. The van der Waals surface area contributed by atoms with Crippen LogP contribution >= 0.6 is 23.2 Å². The van der Waals surface area contributed by atoms with Gasteiger partial charge in [-0.05, 0) is 37.0 Å². The Balaban J connectivity index is 2.87. The first kappa shape index (κ1) is 19.8. The molecular formula is C17H24Cl2N2O2. The molecule has 1 aromatic rings. The van der Waals surface area contributed by atoms with Gasteiger partial charge in [-0.3, -0.25) is 9.59 Å². The Bertz CT molecular complexity index is 574. The van der Waals surface area contributed by atoms with Gasteiger partial charge in [-0.15, -0.1) is 0 Å². The lowest BCUT2D eigenvalue weighted by Crippen LogP contribution is -2.52. The number of halogens is 2. The average Bonchev–Trinajstić information content (AvgIpc) is 2.43. The molecule has 2 unspecified atom stereocenters. The molecule has 0 radical (unpaired) electrons. The molecule has 0 fully saturated rings. The zero-order valence-electron chi connectivity index (χ0n) is 14.1. The Morgan fingerprint density at radius 2 is 1.57 bits per heavy atom. The molecule has 6 heteroatoms. The lowest BCUT2D eigenvalue weighted by atomic mass is 10.0. The van der Waals surface area contributed by atoms with Gasteiger partial charge in [0.2, 0.25) is 5.91 Å². The van der Waals surface area contributed by atoms with Crippen molar-refractivity contribution in [2.24, 2.45) is 11.8 Å². The Labute approximate surface area is 147 Å². The van der Waals surface area contributed by atoms with E-state index in [9.17, 15) is 9.59 Å². The van der Waals surface area contributed by atoms with Crippen LogP contribution in [0.4, 0.5) is 0 Å². The van der Waals surface area contributed by atoms with Crippen molar-refractivity contribution in [3.8, 4) is 0 Å². The SMILES string of the molecule is CC(C)C(C)NC(=O)C(NC(=O)c1ccc(Cl)cc1Cl)C(C)C. The fourth-order valence-corrected chi connectivity index (χ4v) is 2.40. The summed E-state index contributed by atoms with van der Waals surface area (Å²) in [4.78, 5) is 24.8. The molecule has 0 heterocycles. The van der Waals surface area contributed by atoms with Gasteiger partial charge in [0.05, 0.1) is 10.6 Å². The van der Waals surface area contributed by atoms with Gasteiger partial charge in [0.15, 0.2) is 0 Å². The van der Waals surface area contributed by atoms with Gasteiger partial charge < -0.3 is 10.6 Å². The van der Waals surface area contributed by atoms with Crippen LogP contribution in [0.15, 0.2) is 18.2 Å². The van der Waals surface area contributed by atoms with Crippen LogP contribution in [0.25, 0.3) is 0 Å². The van der Waals surface area contributed by atoms with E-state index in [0.29, 0.717) is 16.5 Å². The van der Waals surface area contributed by atoms with Crippen LogP contribution in [0.3, 0.4) is 0 Å². The molecule has 0 saturated heterocycles. The molecular weight excluding hydrogens is 335 g/mol. The smallest absolute Gasteiger partial charge is 0.253 e. The molecule has 2 N–H and O–H groups in total. The Hall–Kier alpha value is -1.26. The first-order valence-corrected chi connectivity index (χ1v) is 8.45. The molecule has 0 aliphatic heterocycles. The number of amides is 2. The lowest BCUT2D eigenvalue weighted by molar-refractivity contribution is -0.124. The zero-order chi connectivity index (χ0) is 17.7. The van der Waals surface area contributed by atoms with Crippen LogP contribution in [0.5, 0.6) is 0 Å². The van der Waals surface area contributed by atoms with Gasteiger partial charge in [-0.25, -0.2) is 0 Å². The van der Waals surface area contributed by atoms with E-state index in [1.54, 1.807) is 12.1 Å². The number of hydrogen-bond donors (Lipinski definition) is 2. The molecule has 1 aromatic carbocycles. The van der Waals surface area contributed by atoms with Crippen molar-refractivity contribution in [3.05, 3.63) is 33.8 Å². The van der Waals surface area contributed by atoms with Crippen LogP contribution in [-0.2, 0) is 4.79 Å². The number of benzene rings is 1. The van der Waals surface area contributed by atoms with Crippen molar-refractivity contribution in [1.82, 2.24) is 10.6 Å². The summed E-state index contributed by atoms with van der Waals surface area (Å²) in [5.41, 5.74) is 0.298. The predicted octanol–water partition coefficient (Wildman–Crippen LogP) is 3.91. The maximum absolute atomic E-state index is 12.4. The molecule has 0 aliphatic carbocycles. The van der Waals surface area contributed by atoms with E-state index in [0.717, 1.165) is 0 Å². The second kappa shape index (κ2) is 8.55. The third-order valence-corrected chi connectivity index (χ3v) is 4.33. The summed E-state index contributed by atoms with van der Waals surface area (Å²) in [5, 5.41) is 6.40. The number of rotatable bonds is 6. The highest BCUT2D eigenvalue weighted by atomic mass is 35.5. The van der Waals surface area contributed by atoms with Crippen molar-refractivity contribution in [1.29, 1.82) is 0 Å². The first-order valence-electron chi connectivity index (χ1n) is 7.69. The van der Waals surface area contributed by atoms with Gasteiger partial charge in [0, 0.05) is 11.1 Å². The molecule has 2 atom stereocenters. The fraction of sp³-hybridized carbons (Fsp3) is 0.529. The monoisotopic (exact) mass is 358 g/mol. The van der Waals surface area contributed by atoms with E-state index in [1.165, 1.54) is 6.07 Å². The van der Waals surface area contributed by atoms with Crippen LogP contribution in [0, 0.1) is 11.8 Å². The largest absolute Gasteiger partial charge is 0.352 e. The highest BCUT2D eigenvalue weighted by molar-refractivity contribution is 6.36. The molecule has 0 aromatic heterocycles. The second-order valence-corrected chi connectivity index (χ2v) is 7.20. The van der Waals surface area contributed by atoms with Crippen molar-refractivity contribution >= 4 is 35.0 Å². The van der Waals surface area contributed by atoms with Crippen molar-refractivity contribution < 1.29 is 9.59 Å². The second-order valence-electron chi connectivity index (χ2n) is 6.36. The molecule has 0 spiro atoms. The number of nitrogens with one attached hydrogen (secondary N) is 2. The molecule has 2 amide bonds. The summed E-state index contributed by atoms with van der Waals surface area (Å²) in [7, 11) is 0. The van der Waals surface area contributed by atoms with Gasteiger partial charge in [-0.1, -0.05) is 50.9 Å². The third-order valence-electron chi connectivity index (χ3n) is 3.78. The molecule has 0 saturated carbocycles. The normalized spacial score (nSPS) is 13.8. The minimum atomic E-state index is -0.629. The number of carbonyl (C=O) groups is 2. The summed E-state index contributed by atoms with van der Waals surface area (Å²) >= 11 is 11.9. The average molecular weight is 359 g/mol. The topological polar surface area (TPSA) is 58.2 Å². The highest BCUT2D eigenvalue weighted by Crippen LogP contribution is 2.21. The van der Waals surface area contributed by atoms with Crippen LogP contribution in [0.2, 0.25) is 10.0 Å². The molecule has 128 valence electrons. The quantitative estimate of drug-likeness (QED) is 0.809. The first-order chi connectivity index (χ1) is 10.6. The third kappa shape index (κ3) is 5.70. The van der Waals surface area contributed by atoms with Gasteiger partial charge >= 0.3 is 0 Å². The number of carbonyl (C=O) groups excluding carboxylic acids is 2. The summed E-state index contributed by atoms with van der Waals surface area (Å²) in [6, 6.07) is 4.04. The highest BCUT2D eigenvalue weighted by Gasteiger charge is 2.26. The minimum Gasteiger partial charge on any atom is -0.352 e. The maximum Gasteiger partial charge on any atom is 0.253 e. The molecule has 1 rings (SSSR count). The van der Waals surface area contributed by atoms with E-state index in [2.05, 4.69) is 10.6 Å². The van der Waals surface area contributed by atoms with Gasteiger partial charge in [-0.2, -0.15) is 0 Å². The van der Waals surface area contributed by atoms with Crippen LogP contribution in [0.1, 0.15) is 45.0 Å². The standard InChI is InChI=1S/C17H24Cl2N2O2/c1-9(2)11(5)20-17(23)15(10(3)4)21-16(22)13-7-6-12(18)8-14(13)19/h6-11,15H,1-5H3,(H,20,23)(H,21,22). The molecule has 0 bridgehead atoms. The van der Waals surface area contributed by atoms with Crippen molar-refractivity contribution in [3.63, 3.8) is 0 Å². The van der Waals surface area contributed by atoms with E-state index >= 15 is 0 Å². The minimum absolute atomic E-state index is 0.0276. The fourth-order valence-electron chi connectivity index (χ4n) is 1.91. The van der Waals surface area contributed by atoms with Crippen LogP contribution < -0.4 is 10.6 Å². The van der Waals surface area contributed by atoms with E-state index < -0.39 is 11.9 Å². The van der Waals surface area contributed by atoms with E-state index in [-0.39, 0.29) is 22.9 Å². The van der Waals surface area contributed by atoms with Crippen molar-refractivity contribution in [2.45, 2.75) is 46.7 Å². The van der Waals surface area contributed by atoms with Gasteiger partial charge in [0.25, 0.3) is 5.91 Å².